The maximum atomic E-state index is 13.5. The largest absolute Gasteiger partial charge is 0.419 e. The second-order valence-electron chi connectivity index (χ2n) is 4.63. The van der Waals surface area contributed by atoms with E-state index in [1.165, 1.54) is 13.8 Å². The summed E-state index contributed by atoms with van der Waals surface area (Å²) in [5, 5.41) is 2.08. The molecule has 0 amide bonds. The SMILES string of the molecule is CC1(C)OC(=O)C(=CNc2c(F)cc(F)cc2Cl)C(=O)O1. The van der Waals surface area contributed by atoms with E-state index in [1.54, 1.807) is 0 Å². The van der Waals surface area contributed by atoms with Crippen molar-refractivity contribution in [2.75, 3.05) is 5.32 Å². The normalized spacial score (nSPS) is 17.1. The van der Waals surface area contributed by atoms with E-state index in [-0.39, 0.29) is 10.7 Å². The van der Waals surface area contributed by atoms with Gasteiger partial charge in [0.05, 0.1) is 10.7 Å². The monoisotopic (exact) mass is 317 g/mol. The Balaban J connectivity index is 2.26. The lowest BCUT2D eigenvalue weighted by Gasteiger charge is -2.29. The third-order valence-electron chi connectivity index (χ3n) is 2.48. The van der Waals surface area contributed by atoms with Crippen molar-refractivity contribution >= 4 is 29.2 Å². The summed E-state index contributed by atoms with van der Waals surface area (Å²) in [5.41, 5.74) is -0.745. The van der Waals surface area contributed by atoms with E-state index in [9.17, 15) is 18.4 Å². The fraction of sp³-hybridized carbons (Fsp3) is 0.231. The number of hydrogen-bond acceptors (Lipinski definition) is 5. The molecule has 1 aliphatic heterocycles. The molecule has 8 heteroatoms. The number of anilines is 1. The van der Waals surface area contributed by atoms with Gasteiger partial charge in [-0.25, -0.2) is 18.4 Å². The molecule has 0 unspecified atom stereocenters. The zero-order valence-corrected chi connectivity index (χ0v) is 11.8. The molecule has 1 N–H and O–H groups in total. The van der Waals surface area contributed by atoms with Crippen LogP contribution in [0.25, 0.3) is 0 Å². The molecule has 1 aliphatic rings. The van der Waals surface area contributed by atoms with Crippen LogP contribution in [-0.2, 0) is 19.1 Å². The van der Waals surface area contributed by atoms with Gasteiger partial charge in [-0.1, -0.05) is 11.6 Å². The van der Waals surface area contributed by atoms with E-state index < -0.39 is 34.9 Å². The fourth-order valence-corrected chi connectivity index (χ4v) is 1.85. The quantitative estimate of drug-likeness (QED) is 0.516. The minimum absolute atomic E-state index is 0.248. The Bertz CT molecular complexity index is 613. The van der Waals surface area contributed by atoms with Crippen LogP contribution in [0.3, 0.4) is 0 Å². The first-order valence-electron chi connectivity index (χ1n) is 5.77. The van der Waals surface area contributed by atoms with Crippen LogP contribution >= 0.6 is 11.6 Å². The number of esters is 2. The van der Waals surface area contributed by atoms with Crippen LogP contribution in [0.4, 0.5) is 14.5 Å². The van der Waals surface area contributed by atoms with Crippen molar-refractivity contribution in [3.8, 4) is 0 Å². The molecule has 0 aromatic heterocycles. The van der Waals surface area contributed by atoms with Crippen molar-refractivity contribution in [1.29, 1.82) is 0 Å². The number of ether oxygens (including phenoxy) is 2. The van der Waals surface area contributed by atoms with Gasteiger partial charge in [0, 0.05) is 26.1 Å². The summed E-state index contributed by atoms with van der Waals surface area (Å²) in [6, 6.07) is 1.49. The van der Waals surface area contributed by atoms with Crippen LogP contribution in [0.15, 0.2) is 23.9 Å². The van der Waals surface area contributed by atoms with E-state index in [2.05, 4.69) is 5.32 Å². The molecule has 0 aliphatic carbocycles. The second kappa shape index (κ2) is 5.33. The predicted octanol–water partition coefficient (Wildman–Crippen LogP) is 2.75. The molecule has 1 saturated heterocycles. The van der Waals surface area contributed by atoms with Gasteiger partial charge in [-0.15, -0.1) is 0 Å². The Labute approximate surface area is 123 Å². The number of hydrogen-bond donors (Lipinski definition) is 1. The summed E-state index contributed by atoms with van der Waals surface area (Å²) in [7, 11) is 0. The summed E-state index contributed by atoms with van der Waals surface area (Å²) in [4.78, 5) is 23.3. The zero-order chi connectivity index (χ0) is 15.8. The van der Waals surface area contributed by atoms with Crippen molar-refractivity contribution < 1.29 is 27.8 Å². The van der Waals surface area contributed by atoms with E-state index in [0.29, 0.717) is 6.07 Å². The van der Waals surface area contributed by atoms with Gasteiger partial charge in [0.2, 0.25) is 0 Å². The standard InChI is InChI=1S/C13H10ClF2NO4/c1-13(2)20-11(18)7(12(19)21-13)5-17-10-8(14)3-6(15)4-9(10)16/h3-5,17H,1-2H3. The smallest absolute Gasteiger partial charge is 0.350 e. The zero-order valence-electron chi connectivity index (χ0n) is 11.0. The van der Waals surface area contributed by atoms with Crippen molar-refractivity contribution in [3.05, 3.63) is 40.6 Å². The predicted molar refractivity (Wildman–Crippen MR) is 69.3 cm³/mol. The molecule has 0 bridgehead atoms. The van der Waals surface area contributed by atoms with Gasteiger partial charge in [-0.2, -0.15) is 0 Å². The Kier molecular flexibility index (Phi) is 3.87. The highest BCUT2D eigenvalue weighted by Gasteiger charge is 2.39. The van der Waals surface area contributed by atoms with E-state index in [4.69, 9.17) is 21.1 Å². The lowest BCUT2D eigenvalue weighted by Crippen LogP contribution is -2.42. The maximum Gasteiger partial charge on any atom is 0.350 e. The molecule has 0 atom stereocenters. The summed E-state index contributed by atoms with van der Waals surface area (Å²) < 4.78 is 36.1. The average molecular weight is 318 g/mol. The van der Waals surface area contributed by atoms with Crippen LogP contribution in [0.1, 0.15) is 13.8 Å². The highest BCUT2D eigenvalue weighted by atomic mass is 35.5. The first-order valence-corrected chi connectivity index (χ1v) is 6.15. The van der Waals surface area contributed by atoms with Crippen LogP contribution in [0.5, 0.6) is 0 Å². The third kappa shape index (κ3) is 3.30. The lowest BCUT2D eigenvalue weighted by atomic mass is 10.2. The Morgan fingerprint density at radius 3 is 2.29 bits per heavy atom. The minimum atomic E-state index is -1.37. The summed E-state index contributed by atoms with van der Waals surface area (Å²) in [5.74, 6) is -5.06. The molecule has 1 aromatic rings. The second-order valence-corrected chi connectivity index (χ2v) is 5.03. The van der Waals surface area contributed by atoms with Gasteiger partial charge in [0.1, 0.15) is 5.82 Å². The number of carbonyl (C=O) groups is 2. The molecule has 0 radical (unpaired) electrons. The van der Waals surface area contributed by atoms with Crippen LogP contribution in [0, 0.1) is 11.6 Å². The molecule has 21 heavy (non-hydrogen) atoms. The number of carbonyl (C=O) groups excluding carboxylic acids is 2. The number of rotatable bonds is 2. The van der Waals surface area contributed by atoms with Crippen LogP contribution < -0.4 is 5.32 Å². The number of benzene rings is 1. The summed E-state index contributed by atoms with van der Waals surface area (Å²) >= 11 is 5.67. The first-order chi connectivity index (χ1) is 9.69. The Hall–Kier alpha value is -2.15. The molecule has 0 spiro atoms. The van der Waals surface area contributed by atoms with Gasteiger partial charge in [0.15, 0.2) is 11.4 Å². The van der Waals surface area contributed by atoms with Crippen molar-refractivity contribution in [1.82, 2.24) is 0 Å². The van der Waals surface area contributed by atoms with Gasteiger partial charge in [-0.05, 0) is 6.07 Å². The molecule has 0 saturated carbocycles. The number of cyclic esters (lactones) is 2. The molecule has 112 valence electrons. The van der Waals surface area contributed by atoms with Crippen LogP contribution in [0.2, 0.25) is 5.02 Å². The Morgan fingerprint density at radius 1 is 1.19 bits per heavy atom. The lowest BCUT2D eigenvalue weighted by molar-refractivity contribution is -0.222. The molecule has 1 heterocycles. The van der Waals surface area contributed by atoms with Gasteiger partial charge < -0.3 is 14.8 Å². The van der Waals surface area contributed by atoms with E-state index >= 15 is 0 Å². The summed E-state index contributed by atoms with van der Waals surface area (Å²) in [6.45, 7) is 2.78. The molecular formula is C13H10ClF2NO4. The number of nitrogens with one attached hydrogen (secondary N) is 1. The molecule has 1 fully saturated rings. The van der Waals surface area contributed by atoms with E-state index in [1.807, 2.05) is 0 Å². The fourth-order valence-electron chi connectivity index (χ4n) is 1.60. The van der Waals surface area contributed by atoms with Crippen LogP contribution in [-0.4, -0.2) is 17.7 Å². The van der Waals surface area contributed by atoms with Gasteiger partial charge >= 0.3 is 11.9 Å². The molecule has 1 aromatic carbocycles. The third-order valence-corrected chi connectivity index (χ3v) is 2.78. The van der Waals surface area contributed by atoms with Crippen molar-refractivity contribution in [3.63, 3.8) is 0 Å². The van der Waals surface area contributed by atoms with Gasteiger partial charge in [-0.3, -0.25) is 0 Å². The highest BCUT2D eigenvalue weighted by Crippen LogP contribution is 2.27. The van der Waals surface area contributed by atoms with Crippen molar-refractivity contribution in [2.45, 2.75) is 19.6 Å². The van der Waals surface area contributed by atoms with E-state index in [0.717, 1.165) is 12.3 Å². The number of halogens is 3. The maximum absolute atomic E-state index is 13.5. The highest BCUT2D eigenvalue weighted by molar-refractivity contribution is 6.33. The minimum Gasteiger partial charge on any atom is -0.419 e. The summed E-state index contributed by atoms with van der Waals surface area (Å²) in [6.07, 6.45) is 0.891. The molecular weight excluding hydrogens is 308 g/mol. The molecule has 2 rings (SSSR count). The van der Waals surface area contributed by atoms with Crippen molar-refractivity contribution in [2.24, 2.45) is 0 Å². The molecule has 5 nitrogen and oxygen atoms in total. The topological polar surface area (TPSA) is 64.6 Å². The Morgan fingerprint density at radius 2 is 1.76 bits per heavy atom. The van der Waals surface area contributed by atoms with Gasteiger partial charge in [0.25, 0.3) is 5.79 Å². The average Bonchev–Trinajstić information content (AvgIpc) is 2.29. The first kappa shape index (κ1) is 15.2.